The third-order valence-electron chi connectivity index (χ3n) is 5.54. The molecule has 3 rings (SSSR count). The second-order valence-electron chi connectivity index (χ2n) is 8.23. The highest BCUT2D eigenvalue weighted by Gasteiger charge is 2.29. The van der Waals surface area contributed by atoms with E-state index in [2.05, 4.69) is 4.98 Å². The van der Waals surface area contributed by atoms with E-state index in [1.807, 2.05) is 37.3 Å². The average molecular weight is 498 g/mol. The van der Waals surface area contributed by atoms with Crippen LogP contribution in [0.5, 0.6) is 11.5 Å². The zero-order chi connectivity index (χ0) is 25.5. The first kappa shape index (κ1) is 26.2. The number of methoxy groups -OCH3 is 1. The standard InChI is InChI=1S/C27H28FNO5S/c1-16-14-19(28)10-11-21(16)26(35-20-8-6-5-7-9-20)18(3)34-27(32)17(2)15-22(30)24-25(31)23(33-4)12-13-29-24/h5-14,17-18,26,31H,15H2,1-4H3/t17-,18+,26+/m1/s1. The Balaban J connectivity index is 1.75. The lowest BCUT2D eigenvalue weighted by atomic mass is 10.0. The summed E-state index contributed by atoms with van der Waals surface area (Å²) >= 11 is 1.52. The molecule has 0 unspecified atom stereocenters. The molecule has 0 aliphatic rings. The molecule has 6 nitrogen and oxygen atoms in total. The number of halogens is 1. The average Bonchev–Trinajstić information content (AvgIpc) is 2.83. The van der Waals surface area contributed by atoms with Crippen LogP contribution in [0.3, 0.4) is 0 Å². The molecule has 1 N–H and O–H groups in total. The fourth-order valence-electron chi connectivity index (χ4n) is 3.64. The molecule has 3 aromatic rings. The summed E-state index contributed by atoms with van der Waals surface area (Å²) < 4.78 is 24.5. The van der Waals surface area contributed by atoms with Crippen molar-refractivity contribution in [3.05, 3.63) is 83.4 Å². The van der Waals surface area contributed by atoms with Crippen LogP contribution in [-0.4, -0.2) is 35.1 Å². The van der Waals surface area contributed by atoms with Gasteiger partial charge in [-0.25, -0.2) is 9.37 Å². The van der Waals surface area contributed by atoms with Crippen molar-refractivity contribution in [3.8, 4) is 11.5 Å². The van der Waals surface area contributed by atoms with Crippen LogP contribution in [0.1, 0.15) is 47.1 Å². The number of aromatic nitrogens is 1. The molecular formula is C27H28FNO5S. The Bertz CT molecular complexity index is 1190. The van der Waals surface area contributed by atoms with Gasteiger partial charge in [0.05, 0.1) is 18.3 Å². The van der Waals surface area contributed by atoms with E-state index >= 15 is 0 Å². The van der Waals surface area contributed by atoms with Gasteiger partial charge in [0.25, 0.3) is 0 Å². The van der Waals surface area contributed by atoms with Crippen LogP contribution in [0, 0.1) is 18.7 Å². The monoisotopic (exact) mass is 497 g/mol. The second kappa shape index (κ2) is 11.8. The first-order chi connectivity index (χ1) is 16.7. The van der Waals surface area contributed by atoms with Gasteiger partial charge >= 0.3 is 5.97 Å². The topological polar surface area (TPSA) is 85.7 Å². The van der Waals surface area contributed by atoms with Crippen LogP contribution in [-0.2, 0) is 9.53 Å². The van der Waals surface area contributed by atoms with E-state index < -0.39 is 23.8 Å². The highest BCUT2D eigenvalue weighted by atomic mass is 32.2. The van der Waals surface area contributed by atoms with Crippen molar-refractivity contribution in [2.75, 3.05) is 7.11 Å². The fraction of sp³-hybridized carbons (Fsp3) is 0.296. The van der Waals surface area contributed by atoms with Crippen LogP contribution in [0.25, 0.3) is 0 Å². The molecule has 0 bridgehead atoms. The minimum atomic E-state index is -0.769. The van der Waals surface area contributed by atoms with Crippen molar-refractivity contribution in [1.29, 1.82) is 0 Å². The predicted molar refractivity (Wildman–Crippen MR) is 132 cm³/mol. The van der Waals surface area contributed by atoms with Gasteiger partial charge in [-0.15, -0.1) is 11.8 Å². The zero-order valence-electron chi connectivity index (χ0n) is 20.0. The van der Waals surface area contributed by atoms with E-state index in [9.17, 15) is 19.1 Å². The number of aromatic hydroxyl groups is 1. The third-order valence-corrected chi connectivity index (χ3v) is 6.97. The second-order valence-corrected chi connectivity index (χ2v) is 9.45. The zero-order valence-corrected chi connectivity index (χ0v) is 20.8. The van der Waals surface area contributed by atoms with Crippen molar-refractivity contribution in [2.45, 2.75) is 43.4 Å². The lowest BCUT2D eigenvalue weighted by molar-refractivity contribution is -0.152. The van der Waals surface area contributed by atoms with Crippen molar-refractivity contribution in [3.63, 3.8) is 0 Å². The number of nitrogens with zero attached hydrogens (tertiary/aromatic N) is 1. The fourth-order valence-corrected chi connectivity index (χ4v) is 4.89. The van der Waals surface area contributed by atoms with E-state index in [-0.39, 0.29) is 34.7 Å². The van der Waals surface area contributed by atoms with Gasteiger partial charge in [0, 0.05) is 23.6 Å². The first-order valence-corrected chi connectivity index (χ1v) is 12.0. The van der Waals surface area contributed by atoms with Gasteiger partial charge in [-0.05, 0) is 49.2 Å². The van der Waals surface area contributed by atoms with Gasteiger partial charge < -0.3 is 14.6 Å². The van der Waals surface area contributed by atoms with Gasteiger partial charge in [0.2, 0.25) is 0 Å². The van der Waals surface area contributed by atoms with E-state index in [0.29, 0.717) is 0 Å². The van der Waals surface area contributed by atoms with E-state index in [1.165, 1.54) is 43.3 Å². The minimum Gasteiger partial charge on any atom is -0.503 e. The number of ether oxygens (including phenoxy) is 2. The molecule has 1 aromatic heterocycles. The number of rotatable bonds is 10. The number of esters is 1. The lowest BCUT2D eigenvalue weighted by Gasteiger charge is -2.26. The SMILES string of the molecule is COc1ccnc(C(=O)C[C@@H](C)C(=O)O[C@@H](C)[C@H](Sc2ccccc2)c2ccc(F)cc2C)c1O. The first-order valence-electron chi connectivity index (χ1n) is 11.1. The van der Waals surface area contributed by atoms with Crippen LogP contribution in [0.15, 0.2) is 65.7 Å². The van der Waals surface area contributed by atoms with Gasteiger partial charge in [-0.2, -0.15) is 0 Å². The Labute approximate surface area is 208 Å². The molecule has 184 valence electrons. The third kappa shape index (κ3) is 6.60. The molecule has 0 radical (unpaired) electrons. The molecule has 1 heterocycles. The van der Waals surface area contributed by atoms with Gasteiger partial charge in [-0.1, -0.05) is 31.2 Å². The molecule has 0 fully saturated rings. The Morgan fingerprint density at radius 2 is 1.83 bits per heavy atom. The van der Waals surface area contributed by atoms with Crippen LogP contribution < -0.4 is 4.74 Å². The van der Waals surface area contributed by atoms with Crippen molar-refractivity contribution >= 4 is 23.5 Å². The highest BCUT2D eigenvalue weighted by Crippen LogP contribution is 2.40. The minimum absolute atomic E-state index is 0.127. The number of hydrogen-bond acceptors (Lipinski definition) is 7. The summed E-state index contributed by atoms with van der Waals surface area (Å²) in [7, 11) is 1.37. The van der Waals surface area contributed by atoms with E-state index in [0.717, 1.165) is 16.0 Å². The number of benzene rings is 2. The molecule has 0 saturated carbocycles. The molecular weight excluding hydrogens is 469 g/mol. The molecule has 0 aliphatic heterocycles. The van der Waals surface area contributed by atoms with Gasteiger partial charge in [0.15, 0.2) is 23.0 Å². The summed E-state index contributed by atoms with van der Waals surface area (Å²) in [5.41, 5.74) is 1.45. The maximum atomic E-state index is 13.7. The van der Waals surface area contributed by atoms with Crippen LogP contribution >= 0.6 is 11.8 Å². The molecule has 0 amide bonds. The van der Waals surface area contributed by atoms with E-state index in [4.69, 9.17) is 9.47 Å². The Kier molecular flexibility index (Phi) is 8.87. The summed E-state index contributed by atoms with van der Waals surface area (Å²) in [4.78, 5) is 30.5. The van der Waals surface area contributed by atoms with Crippen molar-refractivity contribution in [1.82, 2.24) is 4.98 Å². The highest BCUT2D eigenvalue weighted by molar-refractivity contribution is 7.99. The largest absolute Gasteiger partial charge is 0.503 e. The molecule has 8 heteroatoms. The number of carbonyl (C=O) groups excluding carboxylic acids is 2. The number of ketones is 1. The lowest BCUT2D eigenvalue weighted by Crippen LogP contribution is -2.26. The Morgan fingerprint density at radius 1 is 1.11 bits per heavy atom. The van der Waals surface area contributed by atoms with Gasteiger partial charge in [-0.3, -0.25) is 9.59 Å². The number of aryl methyl sites for hydroxylation is 1. The summed E-state index contributed by atoms with van der Waals surface area (Å²) in [5, 5.41) is 9.89. The molecule has 35 heavy (non-hydrogen) atoms. The molecule has 3 atom stereocenters. The van der Waals surface area contributed by atoms with Crippen LogP contribution in [0.2, 0.25) is 0 Å². The number of thioether (sulfide) groups is 1. The summed E-state index contributed by atoms with van der Waals surface area (Å²) in [5.74, 6) is -2.38. The molecule has 0 spiro atoms. The number of hydrogen-bond donors (Lipinski definition) is 1. The van der Waals surface area contributed by atoms with Gasteiger partial charge in [0.1, 0.15) is 11.9 Å². The molecule has 0 aliphatic carbocycles. The number of carbonyl (C=O) groups is 2. The normalized spacial score (nSPS) is 13.5. The maximum absolute atomic E-state index is 13.7. The Hall–Kier alpha value is -3.39. The van der Waals surface area contributed by atoms with E-state index in [1.54, 1.807) is 19.9 Å². The smallest absolute Gasteiger partial charge is 0.309 e. The summed E-state index contributed by atoms with van der Waals surface area (Å²) in [6.07, 6.45) is 0.594. The predicted octanol–water partition coefficient (Wildman–Crippen LogP) is 5.92. The summed E-state index contributed by atoms with van der Waals surface area (Å²) in [6, 6.07) is 15.7. The number of Topliss-reactive ketones (excluding diaryl/α,β-unsaturated/α-hetero) is 1. The summed E-state index contributed by atoms with van der Waals surface area (Å²) in [6.45, 7) is 5.19. The quantitative estimate of drug-likeness (QED) is 0.211. The molecule has 0 saturated heterocycles. The number of pyridine rings is 1. The van der Waals surface area contributed by atoms with Crippen molar-refractivity contribution < 1.29 is 28.6 Å². The Morgan fingerprint density at radius 3 is 2.49 bits per heavy atom. The van der Waals surface area contributed by atoms with Crippen LogP contribution in [0.4, 0.5) is 4.39 Å². The molecule has 2 aromatic carbocycles. The maximum Gasteiger partial charge on any atom is 0.309 e. The van der Waals surface area contributed by atoms with Crippen molar-refractivity contribution in [2.24, 2.45) is 5.92 Å².